The van der Waals surface area contributed by atoms with Crippen molar-refractivity contribution in [3.05, 3.63) is 65.7 Å². The summed E-state index contributed by atoms with van der Waals surface area (Å²) in [6.45, 7) is 4.39. The Morgan fingerprint density at radius 1 is 1.03 bits per heavy atom. The topological polar surface area (TPSA) is 116 Å². The quantitative estimate of drug-likeness (QED) is 0.525. The van der Waals surface area contributed by atoms with Gasteiger partial charge in [0.15, 0.2) is 0 Å². The summed E-state index contributed by atoms with van der Waals surface area (Å²) >= 11 is 0. The number of nitrogens with one attached hydrogen (secondary N) is 1. The molecular weight excluding hydrogens is 520 g/mol. The average Bonchev–Trinajstić information content (AvgIpc) is 3.33. The largest absolute Gasteiger partial charge is 0.374 e. The molecular formula is C28H34N4O6S. The first-order chi connectivity index (χ1) is 18.4. The maximum Gasteiger partial charge on any atom is 0.325 e. The Labute approximate surface area is 228 Å². The number of carbonyl (C=O) groups excluding carboxylic acids is 3. The Morgan fingerprint density at radius 3 is 2.28 bits per heavy atom. The first-order valence-electron chi connectivity index (χ1n) is 13.1. The number of hydrogen-bond donors (Lipinski definition) is 1. The van der Waals surface area contributed by atoms with Crippen LogP contribution in [0.25, 0.3) is 0 Å². The second-order valence-corrected chi connectivity index (χ2v) is 13.0. The van der Waals surface area contributed by atoms with Gasteiger partial charge in [-0.2, -0.15) is 0 Å². The molecule has 2 saturated heterocycles. The fraction of sp³-hybridized carbons (Fsp3) is 0.464. The van der Waals surface area contributed by atoms with Crippen molar-refractivity contribution in [2.45, 2.75) is 50.3 Å². The van der Waals surface area contributed by atoms with Crippen LogP contribution in [0.5, 0.6) is 0 Å². The Kier molecular flexibility index (Phi) is 6.92. The summed E-state index contributed by atoms with van der Waals surface area (Å²) < 4.78 is 32.4. The molecule has 0 bridgehead atoms. The Hall–Kier alpha value is -3.44. The maximum absolute atomic E-state index is 13.9. The normalized spacial score (nSPS) is 20.7. The molecule has 3 heterocycles. The highest BCUT2D eigenvalue weighted by atomic mass is 32.2. The second-order valence-electron chi connectivity index (χ2n) is 11.1. The Bertz CT molecular complexity index is 1390. The summed E-state index contributed by atoms with van der Waals surface area (Å²) in [6, 6.07) is 15.3. The number of fused-ring (bicyclic) bond motifs is 2. The second kappa shape index (κ2) is 9.95. The molecule has 0 unspecified atom stereocenters. The third kappa shape index (κ3) is 5.00. The van der Waals surface area contributed by atoms with Crippen LogP contribution in [-0.4, -0.2) is 80.1 Å². The van der Waals surface area contributed by atoms with E-state index in [-0.39, 0.29) is 19.1 Å². The van der Waals surface area contributed by atoms with Gasteiger partial charge in [0, 0.05) is 25.0 Å². The molecule has 2 fully saturated rings. The van der Waals surface area contributed by atoms with Gasteiger partial charge in [-0.15, -0.1) is 0 Å². The van der Waals surface area contributed by atoms with E-state index in [0.717, 1.165) is 16.0 Å². The summed E-state index contributed by atoms with van der Waals surface area (Å²) in [5, 5.41) is 2.66. The lowest BCUT2D eigenvalue weighted by molar-refractivity contribution is -0.146. The van der Waals surface area contributed by atoms with Crippen molar-refractivity contribution in [3.63, 3.8) is 0 Å². The highest BCUT2D eigenvalue weighted by Gasteiger charge is 2.52. The molecule has 3 aliphatic heterocycles. The smallest absolute Gasteiger partial charge is 0.325 e. The number of rotatable bonds is 7. The van der Waals surface area contributed by atoms with Gasteiger partial charge in [0.25, 0.3) is 5.91 Å². The number of sulfonamides is 1. The molecule has 1 N–H and O–H groups in total. The van der Waals surface area contributed by atoms with E-state index in [1.165, 1.54) is 10.6 Å². The van der Waals surface area contributed by atoms with E-state index in [2.05, 4.69) is 5.32 Å². The fourth-order valence-electron chi connectivity index (χ4n) is 5.85. The van der Waals surface area contributed by atoms with Crippen molar-refractivity contribution in [3.8, 4) is 0 Å². The monoisotopic (exact) mass is 554 g/mol. The Balaban J connectivity index is 1.34. The molecule has 0 radical (unpaired) electrons. The SMILES string of the molecule is CC1(C)NC(=O)N([C@H](COCc2ccccc2)C(=O)N2CCC3(CC2)CN(S(C)(=O)=O)c2ccccc23)C1=O. The molecule has 1 spiro atoms. The number of carbonyl (C=O) groups is 3. The van der Waals surface area contributed by atoms with E-state index in [1.807, 2.05) is 54.6 Å². The first kappa shape index (κ1) is 27.1. The number of piperidine rings is 1. The van der Waals surface area contributed by atoms with Crippen molar-refractivity contribution in [1.29, 1.82) is 0 Å². The lowest BCUT2D eigenvalue weighted by atomic mass is 9.74. The zero-order valence-corrected chi connectivity index (χ0v) is 23.2. The number of ether oxygens (including phenoxy) is 1. The van der Waals surface area contributed by atoms with Gasteiger partial charge < -0.3 is 15.0 Å². The van der Waals surface area contributed by atoms with Gasteiger partial charge >= 0.3 is 6.03 Å². The van der Waals surface area contributed by atoms with Crippen LogP contribution in [0.1, 0.15) is 37.8 Å². The number of amides is 4. The van der Waals surface area contributed by atoms with E-state index in [4.69, 9.17) is 4.74 Å². The molecule has 4 amide bonds. The lowest BCUT2D eigenvalue weighted by Crippen LogP contribution is -2.57. The molecule has 1 atom stereocenters. The van der Waals surface area contributed by atoms with Crippen LogP contribution in [-0.2, 0) is 36.4 Å². The van der Waals surface area contributed by atoms with E-state index < -0.39 is 39.0 Å². The molecule has 208 valence electrons. The van der Waals surface area contributed by atoms with Crippen molar-refractivity contribution < 1.29 is 27.5 Å². The minimum Gasteiger partial charge on any atom is -0.374 e. The number of benzene rings is 2. The first-order valence-corrected chi connectivity index (χ1v) is 14.9. The van der Waals surface area contributed by atoms with Crippen LogP contribution in [0.3, 0.4) is 0 Å². The van der Waals surface area contributed by atoms with Crippen LogP contribution in [0.15, 0.2) is 54.6 Å². The number of imide groups is 1. The van der Waals surface area contributed by atoms with Gasteiger partial charge in [0.05, 0.1) is 25.2 Å². The van der Waals surface area contributed by atoms with Gasteiger partial charge in [-0.1, -0.05) is 48.5 Å². The predicted molar refractivity (Wildman–Crippen MR) is 145 cm³/mol. The van der Waals surface area contributed by atoms with Crippen molar-refractivity contribution >= 4 is 33.6 Å². The van der Waals surface area contributed by atoms with Gasteiger partial charge in [0.1, 0.15) is 11.6 Å². The number of urea groups is 1. The van der Waals surface area contributed by atoms with Gasteiger partial charge in [-0.3, -0.25) is 13.9 Å². The molecule has 39 heavy (non-hydrogen) atoms. The fourth-order valence-corrected chi connectivity index (χ4v) is 6.85. The average molecular weight is 555 g/mol. The minimum absolute atomic E-state index is 0.130. The van der Waals surface area contributed by atoms with Crippen molar-refractivity contribution in [2.24, 2.45) is 0 Å². The van der Waals surface area contributed by atoms with Crippen LogP contribution in [0.2, 0.25) is 0 Å². The van der Waals surface area contributed by atoms with Crippen molar-refractivity contribution in [1.82, 2.24) is 15.1 Å². The minimum atomic E-state index is -3.45. The van der Waals surface area contributed by atoms with Crippen LogP contribution in [0, 0.1) is 0 Å². The van der Waals surface area contributed by atoms with E-state index in [0.29, 0.717) is 38.2 Å². The summed E-state index contributed by atoms with van der Waals surface area (Å²) in [5.41, 5.74) is 1.05. The van der Waals surface area contributed by atoms with Crippen LogP contribution < -0.4 is 9.62 Å². The number of likely N-dealkylation sites (tertiary alicyclic amines) is 1. The van der Waals surface area contributed by atoms with E-state index in [1.54, 1.807) is 18.7 Å². The zero-order valence-electron chi connectivity index (χ0n) is 22.4. The standard InChI is InChI=1S/C28H34N4O6S/c1-27(2)25(34)32(26(35)29-27)23(18-38-17-20-9-5-4-6-10-20)24(33)30-15-13-28(14-16-30)19-31(39(3,36)37)22-12-8-7-11-21(22)28/h4-12,23H,13-19H2,1-3H3,(H,29,35)/t23-/m1/s1. The van der Waals surface area contributed by atoms with Gasteiger partial charge in [0.2, 0.25) is 15.9 Å². The molecule has 3 aliphatic rings. The third-order valence-corrected chi connectivity index (χ3v) is 9.13. The van der Waals surface area contributed by atoms with Crippen LogP contribution in [0.4, 0.5) is 10.5 Å². The highest BCUT2D eigenvalue weighted by Crippen LogP contribution is 2.47. The molecule has 2 aromatic rings. The molecule has 10 nitrogen and oxygen atoms in total. The molecule has 2 aromatic carbocycles. The molecule has 0 saturated carbocycles. The zero-order chi connectivity index (χ0) is 28.0. The van der Waals surface area contributed by atoms with Gasteiger partial charge in [-0.25, -0.2) is 18.1 Å². The number of hydrogen-bond acceptors (Lipinski definition) is 6. The number of anilines is 1. The number of para-hydroxylation sites is 1. The van der Waals surface area contributed by atoms with Crippen LogP contribution >= 0.6 is 0 Å². The third-order valence-electron chi connectivity index (χ3n) is 8.00. The summed E-state index contributed by atoms with van der Waals surface area (Å²) in [6.07, 6.45) is 2.33. The molecule has 5 rings (SSSR count). The van der Waals surface area contributed by atoms with Crippen molar-refractivity contribution in [2.75, 3.05) is 36.8 Å². The maximum atomic E-state index is 13.9. The van der Waals surface area contributed by atoms with E-state index >= 15 is 0 Å². The predicted octanol–water partition coefficient (Wildman–Crippen LogP) is 2.24. The molecule has 0 aliphatic carbocycles. The summed E-state index contributed by atoms with van der Waals surface area (Å²) in [7, 11) is -3.45. The molecule has 0 aromatic heterocycles. The summed E-state index contributed by atoms with van der Waals surface area (Å²) in [4.78, 5) is 42.5. The Morgan fingerprint density at radius 2 is 1.67 bits per heavy atom. The highest BCUT2D eigenvalue weighted by molar-refractivity contribution is 7.92. The van der Waals surface area contributed by atoms with E-state index in [9.17, 15) is 22.8 Å². The lowest BCUT2D eigenvalue weighted by Gasteiger charge is -2.41. The number of nitrogens with zero attached hydrogens (tertiary/aromatic N) is 3. The summed E-state index contributed by atoms with van der Waals surface area (Å²) in [5.74, 6) is -0.832. The van der Waals surface area contributed by atoms with Gasteiger partial charge in [-0.05, 0) is 43.9 Å². The molecule has 11 heteroatoms.